The number of ether oxygens (including phenoxy) is 1. The largest absolute Gasteiger partial charge is 0.496 e. The summed E-state index contributed by atoms with van der Waals surface area (Å²) in [6.07, 6.45) is 1.35. The Kier molecular flexibility index (Phi) is 6.62. The molecular weight excluding hydrogens is 336 g/mol. The van der Waals surface area contributed by atoms with Gasteiger partial charge in [0, 0.05) is 43.7 Å². The Morgan fingerprint density at radius 1 is 1.11 bits per heavy atom. The molecule has 4 heteroatoms. The molecule has 0 spiro atoms. The molecule has 4 nitrogen and oxygen atoms in total. The maximum absolute atomic E-state index is 12.6. The van der Waals surface area contributed by atoms with E-state index in [-0.39, 0.29) is 16.7 Å². The topological polar surface area (TPSA) is 41.6 Å². The summed E-state index contributed by atoms with van der Waals surface area (Å²) in [4.78, 5) is 14.6. The molecule has 0 bridgehead atoms. The van der Waals surface area contributed by atoms with Gasteiger partial charge in [-0.15, -0.1) is 0 Å². The summed E-state index contributed by atoms with van der Waals surface area (Å²) in [7, 11) is 1.77. The molecule has 27 heavy (non-hydrogen) atoms. The van der Waals surface area contributed by atoms with E-state index < -0.39 is 0 Å². The van der Waals surface area contributed by atoms with Crippen LogP contribution in [-0.4, -0.2) is 44.1 Å². The van der Waals surface area contributed by atoms with E-state index in [1.54, 1.807) is 7.11 Å². The van der Waals surface area contributed by atoms with Crippen LogP contribution in [0, 0.1) is 6.92 Å². The van der Waals surface area contributed by atoms with Crippen molar-refractivity contribution in [2.24, 2.45) is 0 Å². The van der Waals surface area contributed by atoms with Gasteiger partial charge in [-0.1, -0.05) is 47.6 Å². The first kappa shape index (κ1) is 21.7. The zero-order chi connectivity index (χ0) is 20.4. The molecule has 0 radical (unpaired) electrons. The molecule has 0 unspecified atom stereocenters. The Balaban J connectivity index is 2.39. The summed E-state index contributed by atoms with van der Waals surface area (Å²) in [5.74, 6) is 1.27. The van der Waals surface area contributed by atoms with Crippen molar-refractivity contribution in [1.29, 1.82) is 0 Å². The lowest BCUT2D eigenvalue weighted by Gasteiger charge is -2.32. The maximum atomic E-state index is 12.6. The van der Waals surface area contributed by atoms with E-state index in [4.69, 9.17) is 4.74 Å². The number of carbonyl (C=O) groups excluding carboxylic acids is 1. The van der Waals surface area contributed by atoms with Crippen molar-refractivity contribution in [3.05, 3.63) is 28.3 Å². The number of aryl methyl sites for hydroxylation is 1. The van der Waals surface area contributed by atoms with Crippen LogP contribution >= 0.6 is 0 Å². The number of nitrogens with one attached hydrogen (secondary N) is 1. The fraction of sp³-hybridized carbons (Fsp3) is 0.696. The summed E-state index contributed by atoms with van der Waals surface area (Å²) in [5.41, 5.74) is 4.99. The number of amides is 1. The SMILES string of the molecule is COc1c(C(C)(C)C)cc(CCC(=O)N2CCNCC2)c(C)c1C(C)(C)C. The van der Waals surface area contributed by atoms with E-state index >= 15 is 0 Å². The first-order chi connectivity index (χ1) is 12.5. The quantitative estimate of drug-likeness (QED) is 0.867. The number of rotatable bonds is 4. The number of hydrogen-bond acceptors (Lipinski definition) is 3. The lowest BCUT2D eigenvalue weighted by atomic mass is 9.75. The van der Waals surface area contributed by atoms with Gasteiger partial charge >= 0.3 is 0 Å². The Morgan fingerprint density at radius 2 is 1.70 bits per heavy atom. The first-order valence-electron chi connectivity index (χ1n) is 10.2. The highest BCUT2D eigenvalue weighted by Crippen LogP contribution is 2.43. The minimum atomic E-state index is -0.0199. The highest BCUT2D eigenvalue weighted by Gasteiger charge is 2.30. The van der Waals surface area contributed by atoms with Crippen LogP contribution in [0.2, 0.25) is 0 Å². The molecule has 152 valence electrons. The molecule has 1 amide bonds. The van der Waals surface area contributed by atoms with Gasteiger partial charge in [0.1, 0.15) is 5.75 Å². The average Bonchev–Trinajstić information content (AvgIpc) is 2.58. The fourth-order valence-electron chi connectivity index (χ4n) is 4.06. The lowest BCUT2D eigenvalue weighted by molar-refractivity contribution is -0.131. The van der Waals surface area contributed by atoms with Crippen LogP contribution in [0.15, 0.2) is 6.07 Å². The smallest absolute Gasteiger partial charge is 0.222 e. The minimum Gasteiger partial charge on any atom is -0.496 e. The molecule has 1 fully saturated rings. The van der Waals surface area contributed by atoms with Gasteiger partial charge in [0.15, 0.2) is 0 Å². The minimum absolute atomic E-state index is 0.0175. The second-order valence-corrected chi connectivity index (χ2v) is 9.75. The predicted octanol–water partition coefficient (Wildman–Crippen LogP) is 3.96. The Morgan fingerprint density at radius 3 is 2.19 bits per heavy atom. The zero-order valence-electron chi connectivity index (χ0n) is 18.6. The molecule has 1 aliphatic heterocycles. The van der Waals surface area contributed by atoms with Crippen molar-refractivity contribution in [3.63, 3.8) is 0 Å². The Hall–Kier alpha value is -1.55. The number of piperazine rings is 1. The van der Waals surface area contributed by atoms with Crippen LogP contribution in [0.1, 0.15) is 70.2 Å². The van der Waals surface area contributed by atoms with Gasteiger partial charge in [-0.05, 0) is 35.3 Å². The monoisotopic (exact) mass is 374 g/mol. The van der Waals surface area contributed by atoms with Gasteiger partial charge in [-0.2, -0.15) is 0 Å². The van der Waals surface area contributed by atoms with Crippen molar-refractivity contribution >= 4 is 5.91 Å². The van der Waals surface area contributed by atoms with Crippen LogP contribution in [0.5, 0.6) is 5.75 Å². The van der Waals surface area contributed by atoms with Gasteiger partial charge in [-0.25, -0.2) is 0 Å². The Labute approximate surface area is 165 Å². The van der Waals surface area contributed by atoms with E-state index in [1.807, 2.05) is 4.90 Å². The van der Waals surface area contributed by atoms with E-state index in [0.29, 0.717) is 6.42 Å². The van der Waals surface area contributed by atoms with Crippen molar-refractivity contribution < 1.29 is 9.53 Å². The molecule has 0 aliphatic carbocycles. The molecule has 0 atom stereocenters. The second-order valence-electron chi connectivity index (χ2n) is 9.75. The average molecular weight is 375 g/mol. The first-order valence-corrected chi connectivity index (χ1v) is 10.2. The van der Waals surface area contributed by atoms with E-state index in [9.17, 15) is 4.79 Å². The maximum Gasteiger partial charge on any atom is 0.222 e. The van der Waals surface area contributed by atoms with Gasteiger partial charge in [-0.3, -0.25) is 4.79 Å². The van der Waals surface area contributed by atoms with Crippen LogP contribution in [0.25, 0.3) is 0 Å². The number of carbonyl (C=O) groups is 1. The molecule has 1 N–H and O–H groups in total. The van der Waals surface area contributed by atoms with Crippen molar-refractivity contribution in [2.45, 2.75) is 72.1 Å². The molecule has 0 aromatic heterocycles. The molecule has 1 aromatic rings. The van der Waals surface area contributed by atoms with Gasteiger partial charge < -0.3 is 15.0 Å². The van der Waals surface area contributed by atoms with Crippen LogP contribution in [-0.2, 0) is 22.0 Å². The summed E-state index contributed by atoms with van der Waals surface area (Å²) in [6, 6.07) is 2.27. The fourth-order valence-corrected chi connectivity index (χ4v) is 4.06. The molecule has 1 aromatic carbocycles. The van der Waals surface area contributed by atoms with Crippen LogP contribution in [0.4, 0.5) is 0 Å². The van der Waals surface area contributed by atoms with E-state index in [0.717, 1.165) is 38.3 Å². The van der Waals surface area contributed by atoms with Crippen LogP contribution < -0.4 is 10.1 Å². The summed E-state index contributed by atoms with van der Waals surface area (Å²) in [5, 5.41) is 3.31. The number of hydrogen-bond donors (Lipinski definition) is 1. The zero-order valence-corrected chi connectivity index (χ0v) is 18.6. The lowest BCUT2D eigenvalue weighted by Crippen LogP contribution is -2.46. The molecule has 1 heterocycles. The normalized spacial score (nSPS) is 15.8. The van der Waals surface area contributed by atoms with E-state index in [1.165, 1.54) is 22.3 Å². The van der Waals surface area contributed by atoms with Crippen molar-refractivity contribution in [3.8, 4) is 5.75 Å². The van der Waals surface area contributed by atoms with Crippen molar-refractivity contribution in [1.82, 2.24) is 10.2 Å². The summed E-state index contributed by atoms with van der Waals surface area (Å²) >= 11 is 0. The second kappa shape index (κ2) is 8.22. The third-order valence-corrected chi connectivity index (χ3v) is 5.49. The molecular formula is C23H38N2O2. The van der Waals surface area contributed by atoms with Gasteiger partial charge in [0.2, 0.25) is 5.91 Å². The third-order valence-electron chi connectivity index (χ3n) is 5.49. The summed E-state index contributed by atoms with van der Waals surface area (Å²) < 4.78 is 5.90. The van der Waals surface area contributed by atoms with Gasteiger partial charge in [0.25, 0.3) is 0 Å². The molecule has 1 saturated heterocycles. The number of methoxy groups -OCH3 is 1. The number of nitrogens with zero attached hydrogens (tertiary/aromatic N) is 1. The van der Waals surface area contributed by atoms with Crippen LogP contribution in [0.3, 0.4) is 0 Å². The molecule has 0 saturated carbocycles. The Bertz CT molecular complexity index is 675. The number of benzene rings is 1. The predicted molar refractivity (Wildman–Crippen MR) is 113 cm³/mol. The van der Waals surface area contributed by atoms with Gasteiger partial charge in [0.05, 0.1) is 7.11 Å². The van der Waals surface area contributed by atoms with E-state index in [2.05, 4.69) is 59.8 Å². The van der Waals surface area contributed by atoms with Crippen molar-refractivity contribution in [2.75, 3.05) is 33.3 Å². The standard InChI is InChI=1S/C23H38N2O2/c1-16-17(9-10-19(26)25-13-11-24-12-14-25)15-18(22(2,3)4)21(27-8)20(16)23(5,6)7/h15,24H,9-14H2,1-8H3. The third kappa shape index (κ3) is 5.04. The molecule has 2 rings (SSSR count). The summed E-state index contributed by atoms with van der Waals surface area (Å²) in [6.45, 7) is 19.0. The molecule has 1 aliphatic rings. The highest BCUT2D eigenvalue weighted by molar-refractivity contribution is 5.76. The highest BCUT2D eigenvalue weighted by atomic mass is 16.5.